The number of anilines is 1. The van der Waals surface area contributed by atoms with E-state index in [0.29, 0.717) is 17.8 Å². The van der Waals surface area contributed by atoms with E-state index in [0.717, 1.165) is 38.1 Å². The van der Waals surface area contributed by atoms with Gasteiger partial charge in [-0.1, -0.05) is 23.9 Å². The third-order valence-corrected chi connectivity index (χ3v) is 5.15. The number of piperidine rings is 1. The molecule has 0 radical (unpaired) electrons. The Morgan fingerprint density at radius 1 is 1.08 bits per heavy atom. The summed E-state index contributed by atoms with van der Waals surface area (Å²) in [6.45, 7) is 2.14. The minimum atomic E-state index is -0.273. The molecule has 6 nitrogen and oxygen atoms in total. The van der Waals surface area contributed by atoms with Crippen molar-refractivity contribution in [2.75, 3.05) is 37.2 Å². The van der Waals surface area contributed by atoms with E-state index in [9.17, 15) is 14.4 Å². The van der Waals surface area contributed by atoms with Crippen LogP contribution in [0.15, 0.2) is 24.3 Å². The highest BCUT2D eigenvalue weighted by molar-refractivity contribution is 8.13. The van der Waals surface area contributed by atoms with Gasteiger partial charge in [-0.2, -0.15) is 0 Å². The zero-order valence-electron chi connectivity index (χ0n) is 13.5. The van der Waals surface area contributed by atoms with E-state index in [2.05, 4.69) is 5.32 Å². The molecule has 0 bridgehead atoms. The molecule has 2 saturated heterocycles. The summed E-state index contributed by atoms with van der Waals surface area (Å²) in [5.41, 5.74) is 1.02. The molecule has 3 amide bonds. The highest BCUT2D eigenvalue weighted by atomic mass is 32.2. The monoisotopic (exact) mass is 347 g/mol. The zero-order chi connectivity index (χ0) is 16.9. The van der Waals surface area contributed by atoms with Crippen molar-refractivity contribution in [3.8, 4) is 0 Å². The summed E-state index contributed by atoms with van der Waals surface area (Å²) < 4.78 is 0. The molecule has 1 aromatic rings. The summed E-state index contributed by atoms with van der Waals surface area (Å²) >= 11 is 1.23. The average molecular weight is 347 g/mol. The Labute approximate surface area is 145 Å². The molecule has 0 spiro atoms. The number of amides is 3. The zero-order valence-corrected chi connectivity index (χ0v) is 14.3. The molecule has 0 aromatic heterocycles. The predicted octanol–water partition coefficient (Wildman–Crippen LogP) is 2.42. The van der Waals surface area contributed by atoms with Crippen LogP contribution in [0.1, 0.15) is 29.6 Å². The number of hydrogen-bond acceptors (Lipinski definition) is 4. The van der Waals surface area contributed by atoms with Gasteiger partial charge in [0, 0.05) is 25.4 Å². The molecule has 0 atom stereocenters. The van der Waals surface area contributed by atoms with Crippen LogP contribution in [0.4, 0.5) is 10.5 Å². The largest absolute Gasteiger partial charge is 0.339 e. The van der Waals surface area contributed by atoms with Crippen molar-refractivity contribution in [1.82, 2.24) is 9.80 Å². The van der Waals surface area contributed by atoms with E-state index in [4.69, 9.17) is 0 Å². The van der Waals surface area contributed by atoms with Gasteiger partial charge in [-0.25, -0.2) is 0 Å². The van der Waals surface area contributed by atoms with Crippen LogP contribution in [0.5, 0.6) is 0 Å². The van der Waals surface area contributed by atoms with Gasteiger partial charge in [0.15, 0.2) is 0 Å². The quantitative estimate of drug-likeness (QED) is 0.908. The van der Waals surface area contributed by atoms with E-state index in [1.807, 2.05) is 4.90 Å². The lowest BCUT2D eigenvalue weighted by molar-refractivity contribution is -0.116. The van der Waals surface area contributed by atoms with Gasteiger partial charge in [-0.05, 0) is 31.4 Å². The maximum absolute atomic E-state index is 12.7. The topological polar surface area (TPSA) is 69.7 Å². The highest BCUT2D eigenvalue weighted by Gasteiger charge is 2.25. The maximum atomic E-state index is 12.7. The van der Waals surface area contributed by atoms with Gasteiger partial charge in [-0.3, -0.25) is 14.4 Å². The van der Waals surface area contributed by atoms with Crippen molar-refractivity contribution < 1.29 is 14.4 Å². The van der Waals surface area contributed by atoms with Crippen LogP contribution in [-0.4, -0.2) is 58.8 Å². The minimum absolute atomic E-state index is 0.0259. The van der Waals surface area contributed by atoms with E-state index in [-0.39, 0.29) is 23.6 Å². The summed E-state index contributed by atoms with van der Waals surface area (Å²) in [7, 11) is 0. The van der Waals surface area contributed by atoms with Gasteiger partial charge in [-0.15, -0.1) is 0 Å². The van der Waals surface area contributed by atoms with Crippen molar-refractivity contribution in [2.24, 2.45) is 0 Å². The molecule has 2 fully saturated rings. The summed E-state index contributed by atoms with van der Waals surface area (Å²) in [6, 6.07) is 7.06. The number of rotatable bonds is 4. The van der Waals surface area contributed by atoms with Crippen LogP contribution in [0.3, 0.4) is 0 Å². The lowest BCUT2D eigenvalue weighted by Gasteiger charge is -2.27. The smallest absolute Gasteiger partial charge is 0.282 e. The van der Waals surface area contributed by atoms with Gasteiger partial charge >= 0.3 is 0 Å². The third kappa shape index (κ3) is 3.90. The van der Waals surface area contributed by atoms with Crippen molar-refractivity contribution in [1.29, 1.82) is 0 Å². The Balaban J connectivity index is 1.68. The van der Waals surface area contributed by atoms with Crippen LogP contribution in [0, 0.1) is 0 Å². The van der Waals surface area contributed by atoms with Crippen molar-refractivity contribution in [3.63, 3.8) is 0 Å². The standard InChI is InChI=1S/C17H21N3O3S/c21-15(12-20-10-11-24-17(20)23)18-14-7-3-2-6-13(14)16(22)19-8-4-1-5-9-19/h2-3,6-7H,1,4-5,8-12H2,(H,18,21). The minimum Gasteiger partial charge on any atom is -0.339 e. The molecule has 0 aliphatic carbocycles. The molecule has 2 heterocycles. The molecule has 1 N–H and O–H groups in total. The summed E-state index contributed by atoms with van der Waals surface area (Å²) in [5, 5.41) is 2.72. The van der Waals surface area contributed by atoms with Crippen LogP contribution in [0.2, 0.25) is 0 Å². The fourth-order valence-electron chi connectivity index (χ4n) is 2.98. The number of hydrogen-bond donors (Lipinski definition) is 1. The van der Waals surface area contributed by atoms with Gasteiger partial charge in [0.25, 0.3) is 11.1 Å². The van der Waals surface area contributed by atoms with Crippen molar-refractivity contribution >= 4 is 34.5 Å². The van der Waals surface area contributed by atoms with E-state index in [1.54, 1.807) is 24.3 Å². The lowest BCUT2D eigenvalue weighted by atomic mass is 10.1. The van der Waals surface area contributed by atoms with Crippen LogP contribution in [0.25, 0.3) is 0 Å². The fraction of sp³-hybridized carbons (Fsp3) is 0.471. The molecule has 0 saturated carbocycles. The van der Waals surface area contributed by atoms with Crippen LogP contribution >= 0.6 is 11.8 Å². The van der Waals surface area contributed by atoms with Gasteiger partial charge in [0.05, 0.1) is 11.3 Å². The maximum Gasteiger partial charge on any atom is 0.282 e. The number of para-hydroxylation sites is 1. The first-order valence-electron chi connectivity index (χ1n) is 8.25. The molecule has 3 rings (SSSR count). The molecular weight excluding hydrogens is 326 g/mol. The number of carbonyl (C=O) groups excluding carboxylic acids is 3. The van der Waals surface area contributed by atoms with Gasteiger partial charge in [0.2, 0.25) is 5.91 Å². The summed E-state index contributed by atoms with van der Waals surface area (Å²) in [4.78, 5) is 39.9. The van der Waals surface area contributed by atoms with Crippen molar-refractivity contribution in [3.05, 3.63) is 29.8 Å². The Hall–Kier alpha value is -2.02. The first-order valence-corrected chi connectivity index (χ1v) is 9.23. The number of carbonyl (C=O) groups is 3. The first kappa shape index (κ1) is 16.8. The molecule has 2 aliphatic heterocycles. The van der Waals surface area contributed by atoms with E-state index < -0.39 is 0 Å². The van der Waals surface area contributed by atoms with Gasteiger partial charge in [0.1, 0.15) is 6.54 Å². The highest BCUT2D eigenvalue weighted by Crippen LogP contribution is 2.21. The number of thioether (sulfide) groups is 1. The molecule has 24 heavy (non-hydrogen) atoms. The molecule has 128 valence electrons. The fourth-order valence-corrected chi connectivity index (χ4v) is 3.80. The first-order chi connectivity index (χ1) is 11.6. The molecule has 2 aliphatic rings. The lowest BCUT2D eigenvalue weighted by Crippen LogP contribution is -2.37. The average Bonchev–Trinajstić information content (AvgIpc) is 3.00. The Morgan fingerprint density at radius 3 is 2.54 bits per heavy atom. The Bertz CT molecular complexity index is 644. The second-order valence-electron chi connectivity index (χ2n) is 5.98. The molecule has 0 unspecified atom stereocenters. The molecule has 1 aromatic carbocycles. The predicted molar refractivity (Wildman–Crippen MR) is 94.3 cm³/mol. The second-order valence-corrected chi connectivity index (χ2v) is 7.03. The Kier molecular flexibility index (Phi) is 5.40. The normalized spacial score (nSPS) is 17.9. The number of benzene rings is 1. The number of nitrogens with zero attached hydrogens (tertiary/aromatic N) is 2. The van der Waals surface area contributed by atoms with E-state index >= 15 is 0 Å². The summed E-state index contributed by atoms with van der Waals surface area (Å²) in [5.74, 6) is 0.402. The Morgan fingerprint density at radius 2 is 1.83 bits per heavy atom. The second kappa shape index (κ2) is 7.70. The molecule has 7 heteroatoms. The third-order valence-electron chi connectivity index (χ3n) is 4.25. The number of likely N-dealkylation sites (tertiary alicyclic amines) is 1. The van der Waals surface area contributed by atoms with Crippen LogP contribution < -0.4 is 5.32 Å². The van der Waals surface area contributed by atoms with Crippen LogP contribution in [-0.2, 0) is 4.79 Å². The SMILES string of the molecule is O=C(CN1CCSC1=O)Nc1ccccc1C(=O)N1CCCCC1. The molecular formula is C17H21N3O3S. The summed E-state index contributed by atoms with van der Waals surface area (Å²) in [6.07, 6.45) is 3.20. The van der Waals surface area contributed by atoms with Gasteiger partial charge < -0.3 is 15.1 Å². The van der Waals surface area contributed by atoms with Crippen molar-refractivity contribution in [2.45, 2.75) is 19.3 Å². The van der Waals surface area contributed by atoms with E-state index in [1.165, 1.54) is 16.7 Å². The number of nitrogens with one attached hydrogen (secondary N) is 1.